The van der Waals surface area contributed by atoms with E-state index in [1.807, 2.05) is 64.6 Å². The molecule has 2 N–H and O–H groups in total. The lowest BCUT2D eigenvalue weighted by molar-refractivity contribution is -0.192. The van der Waals surface area contributed by atoms with Crippen LogP contribution in [0.1, 0.15) is 29.7 Å². The summed E-state index contributed by atoms with van der Waals surface area (Å²) in [6.07, 6.45) is 1.61. The molecule has 1 fully saturated rings. The van der Waals surface area contributed by atoms with Gasteiger partial charge in [0.2, 0.25) is 0 Å². The van der Waals surface area contributed by atoms with E-state index in [2.05, 4.69) is 15.3 Å². The summed E-state index contributed by atoms with van der Waals surface area (Å²) in [5.74, 6) is -0.476. The number of likely N-dealkylation sites (tertiary alicyclic amines) is 1. The van der Waals surface area contributed by atoms with Gasteiger partial charge < -0.3 is 24.3 Å². The predicted octanol–water partition coefficient (Wildman–Crippen LogP) is 2.71. The first-order chi connectivity index (χ1) is 15.1. The van der Waals surface area contributed by atoms with Crippen molar-refractivity contribution in [2.75, 3.05) is 13.1 Å². The number of imidazole rings is 2. The number of halogens is 3. The van der Waals surface area contributed by atoms with Crippen LogP contribution in [0, 0.1) is 6.92 Å². The van der Waals surface area contributed by atoms with Crippen molar-refractivity contribution in [2.24, 2.45) is 7.05 Å². The van der Waals surface area contributed by atoms with Crippen molar-refractivity contribution in [3.63, 3.8) is 0 Å². The van der Waals surface area contributed by atoms with Gasteiger partial charge in [0, 0.05) is 44.6 Å². The Hall–Kier alpha value is -3.57. The number of carbonyl (C=O) groups excluding carboxylic acids is 1. The predicted molar refractivity (Wildman–Crippen MR) is 108 cm³/mol. The highest BCUT2D eigenvalue weighted by Gasteiger charge is 2.38. The van der Waals surface area contributed by atoms with Gasteiger partial charge in [-0.15, -0.1) is 0 Å². The van der Waals surface area contributed by atoms with Crippen molar-refractivity contribution in [3.8, 4) is 0 Å². The summed E-state index contributed by atoms with van der Waals surface area (Å²) in [6.45, 7) is 3.87. The van der Waals surface area contributed by atoms with E-state index in [9.17, 15) is 18.0 Å². The van der Waals surface area contributed by atoms with E-state index in [0.717, 1.165) is 35.8 Å². The maximum Gasteiger partial charge on any atom is 0.490 e. The monoisotopic (exact) mass is 452 g/mol. The van der Waals surface area contributed by atoms with Crippen LogP contribution < -0.4 is 5.32 Å². The molecule has 1 unspecified atom stereocenters. The Morgan fingerprint density at radius 1 is 1.28 bits per heavy atom. The molecule has 2 amide bonds. The van der Waals surface area contributed by atoms with Gasteiger partial charge in [0.25, 0.3) is 0 Å². The zero-order chi connectivity index (χ0) is 23.5. The molecule has 1 atom stereocenters. The molecule has 3 aromatic heterocycles. The molecule has 0 aliphatic carbocycles. The van der Waals surface area contributed by atoms with Gasteiger partial charge in [-0.3, -0.25) is 0 Å². The Kier molecular flexibility index (Phi) is 6.70. The van der Waals surface area contributed by atoms with Crippen LogP contribution in [-0.4, -0.2) is 60.2 Å². The number of fused-ring (bicyclic) bond motifs is 1. The number of carboxylic acid groups (broad SMARTS) is 1. The Morgan fingerprint density at radius 2 is 2.00 bits per heavy atom. The highest BCUT2D eigenvalue weighted by Crippen LogP contribution is 2.25. The lowest BCUT2D eigenvalue weighted by Crippen LogP contribution is -2.38. The van der Waals surface area contributed by atoms with Crippen LogP contribution in [0.25, 0.3) is 5.52 Å². The topological polar surface area (TPSA) is 105 Å². The third kappa shape index (κ3) is 5.18. The quantitative estimate of drug-likeness (QED) is 0.636. The number of aromatic nitrogens is 4. The lowest BCUT2D eigenvalue weighted by atomic mass is 10.1. The maximum absolute atomic E-state index is 12.5. The standard InChI is InChI=1S/C18H22N6O.C2HF3O2/c1-13-21-15(16-5-3-4-8-24(13)16)11-20-18(25)23-9-6-14(12-23)17-19-7-10-22(17)2;3-2(4,5)1(6)7/h3-5,7-8,10,14H,6,9,11-12H2,1-2H3,(H,20,25);(H,6,7). The molecule has 4 rings (SSSR count). The van der Waals surface area contributed by atoms with Gasteiger partial charge in [0.1, 0.15) is 11.6 Å². The van der Waals surface area contributed by atoms with E-state index in [-0.39, 0.29) is 6.03 Å². The molecule has 0 aromatic carbocycles. The fourth-order valence-corrected chi connectivity index (χ4v) is 3.59. The van der Waals surface area contributed by atoms with E-state index >= 15 is 0 Å². The number of alkyl halides is 3. The summed E-state index contributed by atoms with van der Waals surface area (Å²) in [5.41, 5.74) is 1.93. The van der Waals surface area contributed by atoms with E-state index < -0.39 is 12.1 Å². The van der Waals surface area contributed by atoms with Crippen LogP contribution in [0.15, 0.2) is 36.8 Å². The van der Waals surface area contributed by atoms with Crippen molar-refractivity contribution in [3.05, 3.63) is 54.1 Å². The summed E-state index contributed by atoms with van der Waals surface area (Å²) in [4.78, 5) is 32.3. The van der Waals surface area contributed by atoms with Gasteiger partial charge in [0.05, 0.1) is 17.8 Å². The van der Waals surface area contributed by atoms with Crippen LogP contribution in [-0.2, 0) is 18.4 Å². The molecular formula is C20H23F3N6O3. The number of nitrogens with one attached hydrogen (secondary N) is 1. The third-order valence-corrected chi connectivity index (χ3v) is 5.15. The number of aryl methyl sites for hydroxylation is 2. The van der Waals surface area contributed by atoms with Gasteiger partial charge in [-0.2, -0.15) is 13.2 Å². The first kappa shape index (κ1) is 23.1. The number of pyridine rings is 1. The van der Waals surface area contributed by atoms with Gasteiger partial charge in [-0.1, -0.05) is 6.07 Å². The number of urea groups is 1. The van der Waals surface area contributed by atoms with Crippen LogP contribution in [0.4, 0.5) is 18.0 Å². The maximum atomic E-state index is 12.5. The number of amides is 2. The van der Waals surface area contributed by atoms with E-state index in [4.69, 9.17) is 9.90 Å². The molecule has 0 spiro atoms. The zero-order valence-electron chi connectivity index (χ0n) is 17.5. The molecule has 0 radical (unpaired) electrons. The Labute approximate surface area is 181 Å². The van der Waals surface area contributed by atoms with Crippen LogP contribution in [0.3, 0.4) is 0 Å². The van der Waals surface area contributed by atoms with Gasteiger partial charge >= 0.3 is 18.2 Å². The summed E-state index contributed by atoms with van der Waals surface area (Å²) < 4.78 is 35.8. The second-order valence-corrected chi connectivity index (χ2v) is 7.35. The van der Waals surface area contributed by atoms with Gasteiger partial charge in [-0.05, 0) is 25.5 Å². The number of hydrogen-bond acceptors (Lipinski definition) is 4. The highest BCUT2D eigenvalue weighted by atomic mass is 19.4. The molecule has 1 aliphatic rings. The highest BCUT2D eigenvalue weighted by molar-refractivity contribution is 5.75. The number of nitrogens with zero attached hydrogens (tertiary/aromatic N) is 5. The molecule has 0 bridgehead atoms. The van der Waals surface area contributed by atoms with Crippen molar-refractivity contribution < 1.29 is 27.9 Å². The largest absolute Gasteiger partial charge is 0.490 e. The molecule has 1 aliphatic heterocycles. The number of carbonyl (C=O) groups is 2. The number of aliphatic carboxylic acids is 1. The van der Waals surface area contributed by atoms with Crippen molar-refractivity contribution in [1.82, 2.24) is 29.2 Å². The van der Waals surface area contributed by atoms with Gasteiger partial charge in [0.15, 0.2) is 0 Å². The summed E-state index contributed by atoms with van der Waals surface area (Å²) >= 11 is 0. The summed E-state index contributed by atoms with van der Waals surface area (Å²) in [5, 5.41) is 10.1. The molecule has 1 saturated heterocycles. The van der Waals surface area contributed by atoms with Gasteiger partial charge in [-0.25, -0.2) is 19.6 Å². The number of rotatable bonds is 3. The first-order valence-electron chi connectivity index (χ1n) is 9.80. The normalized spacial score (nSPS) is 16.0. The molecule has 4 heterocycles. The molecule has 0 saturated carbocycles. The molecule has 3 aromatic rings. The van der Waals surface area contributed by atoms with Crippen molar-refractivity contribution in [2.45, 2.75) is 32.0 Å². The molecule has 172 valence electrons. The van der Waals surface area contributed by atoms with Crippen LogP contribution in [0.2, 0.25) is 0 Å². The fraction of sp³-hybridized carbons (Fsp3) is 0.400. The van der Waals surface area contributed by atoms with E-state index in [0.29, 0.717) is 19.0 Å². The molecule has 9 nitrogen and oxygen atoms in total. The Balaban J connectivity index is 0.000000360. The fourth-order valence-electron chi connectivity index (χ4n) is 3.59. The summed E-state index contributed by atoms with van der Waals surface area (Å²) in [6, 6.07) is 5.95. The van der Waals surface area contributed by atoms with Crippen LogP contribution >= 0.6 is 0 Å². The second kappa shape index (κ2) is 9.28. The minimum atomic E-state index is -5.08. The second-order valence-electron chi connectivity index (χ2n) is 7.35. The third-order valence-electron chi connectivity index (χ3n) is 5.15. The number of carboxylic acids is 1. The molecule has 32 heavy (non-hydrogen) atoms. The minimum absolute atomic E-state index is 0.0357. The minimum Gasteiger partial charge on any atom is -0.475 e. The Bertz CT molecular complexity index is 1110. The van der Waals surface area contributed by atoms with Crippen LogP contribution in [0.5, 0.6) is 0 Å². The van der Waals surface area contributed by atoms with E-state index in [1.165, 1.54) is 0 Å². The number of hydrogen-bond donors (Lipinski definition) is 2. The molecular weight excluding hydrogens is 429 g/mol. The smallest absolute Gasteiger partial charge is 0.475 e. The molecule has 12 heteroatoms. The van der Waals surface area contributed by atoms with E-state index in [1.54, 1.807) is 0 Å². The average Bonchev–Trinajstić information content (AvgIpc) is 3.45. The Morgan fingerprint density at radius 3 is 2.62 bits per heavy atom. The first-order valence-corrected chi connectivity index (χ1v) is 9.80. The average molecular weight is 452 g/mol. The SMILES string of the molecule is Cc1nc(CNC(=O)N2CCC(c3nccn3C)C2)c2ccccn12.O=C(O)C(F)(F)F. The van der Waals surface area contributed by atoms with Crippen molar-refractivity contribution >= 4 is 17.5 Å². The lowest BCUT2D eigenvalue weighted by Gasteiger charge is -2.17. The summed E-state index contributed by atoms with van der Waals surface area (Å²) in [7, 11) is 2.00. The van der Waals surface area contributed by atoms with Crippen molar-refractivity contribution in [1.29, 1.82) is 0 Å². The zero-order valence-corrected chi connectivity index (χ0v) is 17.5.